The summed E-state index contributed by atoms with van der Waals surface area (Å²) in [5.74, 6) is 0.617. The summed E-state index contributed by atoms with van der Waals surface area (Å²) in [6, 6.07) is 0. The molecule has 0 aromatic heterocycles. The fraction of sp³-hybridized carbons (Fsp3) is 0.929. The molecule has 1 amide bonds. The van der Waals surface area contributed by atoms with E-state index in [1.165, 1.54) is 0 Å². The van der Waals surface area contributed by atoms with Crippen LogP contribution in [0.15, 0.2) is 0 Å². The SMILES string of the molecule is COC1CCC(CNC(=O)[C@@H]2CC[C@H](CN)O2)CC1. The van der Waals surface area contributed by atoms with E-state index in [1.54, 1.807) is 7.11 Å². The van der Waals surface area contributed by atoms with Crippen molar-refractivity contribution in [1.82, 2.24) is 5.32 Å². The molecular weight excluding hydrogens is 244 g/mol. The van der Waals surface area contributed by atoms with Crippen molar-refractivity contribution in [1.29, 1.82) is 0 Å². The molecule has 5 heteroatoms. The van der Waals surface area contributed by atoms with Gasteiger partial charge in [-0.3, -0.25) is 4.79 Å². The maximum atomic E-state index is 12.0. The maximum Gasteiger partial charge on any atom is 0.249 e. The van der Waals surface area contributed by atoms with Gasteiger partial charge in [0.15, 0.2) is 0 Å². The van der Waals surface area contributed by atoms with Crippen molar-refractivity contribution in [2.75, 3.05) is 20.2 Å². The smallest absolute Gasteiger partial charge is 0.249 e. The third-order valence-electron chi connectivity index (χ3n) is 4.35. The average Bonchev–Trinajstić information content (AvgIpc) is 2.94. The highest BCUT2D eigenvalue weighted by atomic mass is 16.5. The van der Waals surface area contributed by atoms with Crippen molar-refractivity contribution in [3.63, 3.8) is 0 Å². The molecule has 1 saturated carbocycles. The highest BCUT2D eigenvalue weighted by Gasteiger charge is 2.30. The number of rotatable bonds is 5. The Labute approximate surface area is 115 Å². The Morgan fingerprint density at radius 3 is 2.58 bits per heavy atom. The topological polar surface area (TPSA) is 73.6 Å². The molecule has 3 N–H and O–H groups in total. The van der Waals surface area contributed by atoms with Crippen LogP contribution in [0.1, 0.15) is 38.5 Å². The predicted molar refractivity (Wildman–Crippen MR) is 72.7 cm³/mol. The Bertz CT molecular complexity index is 290. The number of hydrogen-bond acceptors (Lipinski definition) is 4. The van der Waals surface area contributed by atoms with Gasteiger partial charge in [-0.15, -0.1) is 0 Å². The molecule has 2 aliphatic rings. The number of nitrogens with one attached hydrogen (secondary N) is 1. The standard InChI is InChI=1S/C14H26N2O3/c1-18-11-4-2-10(3-5-11)9-16-14(17)13-7-6-12(8-15)19-13/h10-13H,2-9,15H2,1H3,(H,16,17)/t10?,11?,12-,13+/m1/s1. The second kappa shape index (κ2) is 7.22. The van der Waals surface area contributed by atoms with Crippen LogP contribution in [-0.2, 0) is 14.3 Å². The summed E-state index contributed by atoms with van der Waals surface area (Å²) < 4.78 is 10.9. The van der Waals surface area contributed by atoms with Crippen LogP contribution in [0.4, 0.5) is 0 Å². The van der Waals surface area contributed by atoms with E-state index in [1.807, 2.05) is 0 Å². The van der Waals surface area contributed by atoms with Gasteiger partial charge in [0.25, 0.3) is 0 Å². The third-order valence-corrected chi connectivity index (χ3v) is 4.35. The molecule has 0 unspecified atom stereocenters. The van der Waals surface area contributed by atoms with Gasteiger partial charge < -0.3 is 20.5 Å². The number of methoxy groups -OCH3 is 1. The van der Waals surface area contributed by atoms with Gasteiger partial charge in [0.1, 0.15) is 6.10 Å². The predicted octanol–water partition coefficient (Wildman–Crippen LogP) is 0.814. The molecule has 110 valence electrons. The van der Waals surface area contributed by atoms with E-state index in [9.17, 15) is 4.79 Å². The second-order valence-electron chi connectivity index (χ2n) is 5.68. The summed E-state index contributed by atoms with van der Waals surface area (Å²) in [4.78, 5) is 12.0. The lowest BCUT2D eigenvalue weighted by Gasteiger charge is -2.27. The molecule has 5 nitrogen and oxygen atoms in total. The van der Waals surface area contributed by atoms with Gasteiger partial charge in [0.05, 0.1) is 12.2 Å². The molecule has 0 aromatic rings. The summed E-state index contributed by atoms with van der Waals surface area (Å²) in [7, 11) is 1.78. The first kappa shape index (κ1) is 14.8. The fourth-order valence-corrected chi connectivity index (χ4v) is 3.00. The van der Waals surface area contributed by atoms with E-state index in [0.717, 1.165) is 45.1 Å². The molecule has 19 heavy (non-hydrogen) atoms. The van der Waals surface area contributed by atoms with E-state index in [2.05, 4.69) is 5.32 Å². The van der Waals surface area contributed by atoms with Gasteiger partial charge in [-0.2, -0.15) is 0 Å². The lowest BCUT2D eigenvalue weighted by Crippen LogP contribution is -2.39. The van der Waals surface area contributed by atoms with E-state index in [4.69, 9.17) is 15.2 Å². The largest absolute Gasteiger partial charge is 0.381 e. The molecule has 1 saturated heterocycles. The van der Waals surface area contributed by atoms with Crippen molar-refractivity contribution in [2.24, 2.45) is 11.7 Å². The summed E-state index contributed by atoms with van der Waals surface area (Å²) in [6.07, 6.45) is 6.36. The van der Waals surface area contributed by atoms with Crippen LogP contribution in [-0.4, -0.2) is 44.4 Å². The van der Waals surface area contributed by atoms with Crippen LogP contribution in [0.5, 0.6) is 0 Å². The molecule has 1 heterocycles. The third kappa shape index (κ3) is 4.16. The highest BCUT2D eigenvalue weighted by molar-refractivity contribution is 5.81. The molecule has 2 rings (SSSR count). The van der Waals surface area contributed by atoms with Gasteiger partial charge in [-0.1, -0.05) is 0 Å². The molecule has 0 radical (unpaired) electrons. The quantitative estimate of drug-likeness (QED) is 0.775. The van der Waals surface area contributed by atoms with Gasteiger partial charge in [0, 0.05) is 20.2 Å². The molecule has 0 spiro atoms. The van der Waals surface area contributed by atoms with Crippen LogP contribution in [0.3, 0.4) is 0 Å². The Kier molecular flexibility index (Phi) is 5.60. The summed E-state index contributed by atoms with van der Waals surface area (Å²) in [5, 5.41) is 3.03. The maximum absolute atomic E-state index is 12.0. The molecule has 1 aliphatic heterocycles. The molecular formula is C14H26N2O3. The van der Waals surface area contributed by atoms with Crippen molar-refractivity contribution >= 4 is 5.91 Å². The van der Waals surface area contributed by atoms with Crippen molar-refractivity contribution in [3.8, 4) is 0 Å². The minimum Gasteiger partial charge on any atom is -0.381 e. The van der Waals surface area contributed by atoms with Crippen LogP contribution >= 0.6 is 0 Å². The first-order valence-corrected chi connectivity index (χ1v) is 7.39. The summed E-state index contributed by atoms with van der Waals surface area (Å²) in [5.41, 5.74) is 5.54. The number of amides is 1. The minimum absolute atomic E-state index is 0.0322. The van der Waals surface area contributed by atoms with Gasteiger partial charge in [-0.05, 0) is 44.4 Å². The van der Waals surface area contributed by atoms with E-state index in [-0.39, 0.29) is 18.1 Å². The normalized spacial score (nSPS) is 35.3. The Hall–Kier alpha value is -0.650. The molecule has 0 bridgehead atoms. The van der Waals surface area contributed by atoms with E-state index in [0.29, 0.717) is 18.6 Å². The van der Waals surface area contributed by atoms with Gasteiger partial charge in [-0.25, -0.2) is 0 Å². The Morgan fingerprint density at radius 2 is 2.00 bits per heavy atom. The molecule has 2 fully saturated rings. The first-order chi connectivity index (χ1) is 9.22. The Morgan fingerprint density at radius 1 is 1.26 bits per heavy atom. The monoisotopic (exact) mass is 270 g/mol. The highest BCUT2D eigenvalue weighted by Crippen LogP contribution is 2.25. The summed E-state index contributed by atoms with van der Waals surface area (Å²) in [6.45, 7) is 1.27. The van der Waals surface area contributed by atoms with E-state index >= 15 is 0 Å². The zero-order chi connectivity index (χ0) is 13.7. The second-order valence-corrected chi connectivity index (χ2v) is 5.68. The molecule has 2 atom stereocenters. The lowest BCUT2D eigenvalue weighted by atomic mass is 9.87. The van der Waals surface area contributed by atoms with Crippen LogP contribution in [0.2, 0.25) is 0 Å². The first-order valence-electron chi connectivity index (χ1n) is 7.39. The van der Waals surface area contributed by atoms with Crippen molar-refractivity contribution in [3.05, 3.63) is 0 Å². The number of hydrogen-bond donors (Lipinski definition) is 2. The van der Waals surface area contributed by atoms with Crippen molar-refractivity contribution < 1.29 is 14.3 Å². The van der Waals surface area contributed by atoms with Gasteiger partial charge in [0.2, 0.25) is 5.91 Å². The van der Waals surface area contributed by atoms with Crippen LogP contribution < -0.4 is 11.1 Å². The number of nitrogens with two attached hydrogens (primary N) is 1. The van der Waals surface area contributed by atoms with E-state index < -0.39 is 0 Å². The zero-order valence-corrected chi connectivity index (χ0v) is 11.8. The number of carbonyl (C=O) groups is 1. The lowest BCUT2D eigenvalue weighted by molar-refractivity contribution is -0.132. The molecule has 1 aliphatic carbocycles. The van der Waals surface area contributed by atoms with Gasteiger partial charge >= 0.3 is 0 Å². The van der Waals surface area contributed by atoms with Crippen molar-refractivity contribution in [2.45, 2.75) is 56.8 Å². The minimum atomic E-state index is -0.288. The number of carbonyl (C=O) groups excluding carboxylic acids is 1. The Balaban J connectivity index is 1.64. The fourth-order valence-electron chi connectivity index (χ4n) is 3.00. The molecule has 0 aromatic carbocycles. The van der Waals surface area contributed by atoms with Crippen LogP contribution in [0.25, 0.3) is 0 Å². The number of ether oxygens (including phenoxy) is 2. The van der Waals surface area contributed by atoms with Crippen LogP contribution in [0, 0.1) is 5.92 Å². The zero-order valence-electron chi connectivity index (χ0n) is 11.8. The summed E-state index contributed by atoms with van der Waals surface area (Å²) >= 11 is 0. The average molecular weight is 270 g/mol.